The molecule has 0 atom stereocenters. The van der Waals surface area contributed by atoms with Crippen molar-refractivity contribution in [1.29, 1.82) is 0 Å². The Morgan fingerprint density at radius 1 is 1.70 bits per heavy atom. The average Bonchev–Trinajstić information content (AvgIpc) is 1.59. The van der Waals surface area contributed by atoms with Gasteiger partial charge in [-0.15, -0.1) is 0 Å². The smallest absolute Gasteiger partial charge is 1.00 e. The van der Waals surface area contributed by atoms with Gasteiger partial charge in [-0.1, -0.05) is 0 Å². The van der Waals surface area contributed by atoms with Crippen LogP contribution in [0.3, 0.4) is 0 Å². The van der Waals surface area contributed by atoms with E-state index in [1.807, 2.05) is 0 Å². The molecule has 0 radical (unpaired) electrons. The Hall–Kier alpha value is 0.430. The summed E-state index contributed by atoms with van der Waals surface area (Å²) in [6.07, 6.45) is 0.810. The van der Waals surface area contributed by atoms with Crippen LogP contribution < -0.4 is 29.6 Å². The first-order chi connectivity index (χ1) is 4.01. The van der Waals surface area contributed by atoms with Gasteiger partial charge in [0.15, 0.2) is 0 Å². The molecule has 1 aliphatic rings. The third-order valence-corrected chi connectivity index (χ3v) is 1.72. The molecule has 1 saturated carbocycles. The Morgan fingerprint density at radius 2 is 2.10 bits per heavy atom. The first kappa shape index (κ1) is 10.4. The van der Waals surface area contributed by atoms with Crippen LogP contribution in [0.5, 0.6) is 0 Å². The van der Waals surface area contributed by atoms with E-state index >= 15 is 0 Å². The van der Waals surface area contributed by atoms with Crippen LogP contribution in [0.2, 0.25) is 0 Å². The Bertz CT molecular complexity index is 141. The number of carboxylic acid groups (broad SMARTS) is 1. The fourth-order valence-corrected chi connectivity index (χ4v) is 1.18. The summed E-state index contributed by atoms with van der Waals surface area (Å²) in [6, 6.07) is 0. The number of aliphatic carboxylic acids is 1. The van der Waals surface area contributed by atoms with Crippen LogP contribution >= 0.6 is 0 Å². The second-order valence-electron chi connectivity index (χ2n) is 2.94. The van der Waals surface area contributed by atoms with Gasteiger partial charge in [0.1, 0.15) is 0 Å². The van der Waals surface area contributed by atoms with E-state index in [1.165, 1.54) is 0 Å². The van der Waals surface area contributed by atoms with Gasteiger partial charge in [0, 0.05) is 0 Å². The van der Waals surface area contributed by atoms with Gasteiger partial charge in [0.25, 0.3) is 0 Å². The summed E-state index contributed by atoms with van der Waals surface area (Å²) >= 11 is 0. The predicted octanol–water partition coefficient (Wildman–Crippen LogP) is -2.65. The van der Waals surface area contributed by atoms with Crippen LogP contribution in [0.15, 0.2) is 0 Å². The second kappa shape index (κ2) is 3.22. The quantitative estimate of drug-likeness (QED) is 0.405. The van der Waals surface area contributed by atoms with E-state index in [-0.39, 0.29) is 36.9 Å². The normalized spacial score (nSPS) is 37.6. The molecule has 0 aromatic heterocycles. The van der Waals surface area contributed by atoms with E-state index in [4.69, 9.17) is 10.2 Å². The van der Waals surface area contributed by atoms with Crippen molar-refractivity contribution in [3.63, 3.8) is 0 Å². The molecule has 54 valence electrons. The molecule has 4 heteroatoms. The zero-order chi connectivity index (χ0) is 7.07. The van der Waals surface area contributed by atoms with Crippen molar-refractivity contribution in [2.24, 2.45) is 5.92 Å². The van der Waals surface area contributed by atoms with Crippen molar-refractivity contribution in [3.8, 4) is 0 Å². The molecule has 0 heterocycles. The molecule has 0 bridgehead atoms. The van der Waals surface area contributed by atoms with Gasteiger partial charge in [-0.05, 0) is 19.8 Å². The zero-order valence-corrected chi connectivity index (χ0v) is 8.29. The molecule has 0 unspecified atom stereocenters. The number of hydrogen-bond acceptors (Lipinski definition) is 2. The Labute approximate surface area is 83.2 Å². The number of carbonyl (C=O) groups is 1. The zero-order valence-electron chi connectivity index (χ0n) is 7.29. The minimum atomic E-state index is -0.790. The van der Waals surface area contributed by atoms with Crippen molar-refractivity contribution in [2.45, 2.75) is 25.4 Å². The van der Waals surface area contributed by atoms with E-state index < -0.39 is 11.6 Å². The van der Waals surface area contributed by atoms with Crippen molar-refractivity contribution in [3.05, 3.63) is 0 Å². The predicted molar refractivity (Wildman–Crippen MR) is 32.1 cm³/mol. The van der Waals surface area contributed by atoms with Gasteiger partial charge in [-0.25, -0.2) is 0 Å². The number of carboxylic acids is 1. The van der Waals surface area contributed by atoms with Gasteiger partial charge in [-0.2, -0.15) is 0 Å². The summed E-state index contributed by atoms with van der Waals surface area (Å²) in [5.41, 5.74) is -0.705. The van der Waals surface area contributed by atoms with Gasteiger partial charge in [0.05, 0.1) is 11.5 Å². The van der Waals surface area contributed by atoms with Crippen molar-refractivity contribution >= 4 is 5.97 Å². The van der Waals surface area contributed by atoms with Crippen LogP contribution in [-0.2, 0) is 4.79 Å². The molecular weight excluding hydrogens is 143 g/mol. The molecule has 0 aromatic carbocycles. The third-order valence-electron chi connectivity index (χ3n) is 1.72. The van der Waals surface area contributed by atoms with Crippen molar-refractivity contribution in [2.75, 3.05) is 0 Å². The number of rotatable bonds is 1. The number of aliphatic hydroxyl groups is 1. The van der Waals surface area contributed by atoms with Crippen LogP contribution in [-0.4, -0.2) is 21.8 Å². The molecule has 1 aliphatic carbocycles. The fourth-order valence-electron chi connectivity index (χ4n) is 1.18. The minimum Gasteiger partial charge on any atom is -1.00 e. The number of hydrogen-bond donors (Lipinski definition) is 2. The minimum absolute atomic E-state index is 0. The largest absolute Gasteiger partial charge is 1.00 e. The fraction of sp³-hybridized carbons (Fsp3) is 0.833. The molecule has 0 amide bonds. The van der Waals surface area contributed by atoms with Crippen LogP contribution in [0, 0.1) is 5.92 Å². The van der Waals surface area contributed by atoms with E-state index in [1.54, 1.807) is 6.92 Å². The molecule has 2 N–H and O–H groups in total. The summed E-state index contributed by atoms with van der Waals surface area (Å²) < 4.78 is 0. The maximum Gasteiger partial charge on any atom is 1.00 e. The first-order valence-corrected chi connectivity index (χ1v) is 2.96. The molecule has 0 spiro atoms. The summed E-state index contributed by atoms with van der Waals surface area (Å²) in [4.78, 5) is 10.2. The Morgan fingerprint density at radius 3 is 2.20 bits per heavy atom. The summed E-state index contributed by atoms with van der Waals surface area (Å²) in [5, 5.41) is 17.4. The van der Waals surface area contributed by atoms with E-state index in [0.29, 0.717) is 12.8 Å². The maximum absolute atomic E-state index is 10.2. The van der Waals surface area contributed by atoms with Gasteiger partial charge >= 0.3 is 35.5 Å². The molecule has 1 rings (SSSR count). The molecule has 0 aromatic rings. The maximum atomic E-state index is 10.2. The Kier molecular flexibility index (Phi) is 3.36. The van der Waals surface area contributed by atoms with E-state index in [2.05, 4.69) is 0 Å². The van der Waals surface area contributed by atoms with Crippen molar-refractivity contribution in [1.82, 2.24) is 0 Å². The first-order valence-electron chi connectivity index (χ1n) is 2.96. The third kappa shape index (κ3) is 2.23. The SMILES string of the molecule is CC1(O)CC(C(=O)O)C1.[H-].[Na+]. The molecule has 3 nitrogen and oxygen atoms in total. The molecule has 0 saturated heterocycles. The van der Waals surface area contributed by atoms with Gasteiger partial charge in [0.2, 0.25) is 0 Å². The second-order valence-corrected chi connectivity index (χ2v) is 2.94. The molecule has 1 fully saturated rings. The molecule has 0 aliphatic heterocycles. The van der Waals surface area contributed by atoms with Gasteiger partial charge < -0.3 is 11.6 Å². The summed E-state index contributed by atoms with van der Waals surface area (Å²) in [5.74, 6) is -1.10. The van der Waals surface area contributed by atoms with Crippen LogP contribution in [0.4, 0.5) is 0 Å². The summed E-state index contributed by atoms with van der Waals surface area (Å²) in [6.45, 7) is 1.66. The van der Waals surface area contributed by atoms with Gasteiger partial charge in [-0.3, -0.25) is 4.79 Å². The van der Waals surface area contributed by atoms with E-state index in [9.17, 15) is 4.79 Å². The van der Waals surface area contributed by atoms with E-state index in [0.717, 1.165) is 0 Å². The topological polar surface area (TPSA) is 57.5 Å². The van der Waals surface area contributed by atoms with Crippen LogP contribution in [0.1, 0.15) is 21.2 Å². The molecule has 10 heavy (non-hydrogen) atoms. The van der Waals surface area contributed by atoms with Crippen molar-refractivity contribution < 1.29 is 46.0 Å². The standard InChI is InChI=1S/C6H10O3.Na.H/c1-6(9)2-4(3-6)5(7)8;;/h4,9H,2-3H2,1H3,(H,7,8);;/q;+1;-1. The summed E-state index contributed by atoms with van der Waals surface area (Å²) in [7, 11) is 0. The average molecular weight is 154 g/mol. The Balaban J connectivity index is 0. The molecular formula is C6H11NaO3. The van der Waals surface area contributed by atoms with Crippen LogP contribution in [0.25, 0.3) is 0 Å². The monoisotopic (exact) mass is 154 g/mol.